The number of nitrogens with one attached hydrogen (secondary N) is 1. The Morgan fingerprint density at radius 3 is 2.64 bits per heavy atom. The molecule has 39 heavy (non-hydrogen) atoms. The highest BCUT2D eigenvalue weighted by Gasteiger charge is 2.33. The molecule has 2 aliphatic heterocycles. The fourth-order valence-electron chi connectivity index (χ4n) is 5.65. The van der Waals surface area contributed by atoms with Gasteiger partial charge in [0.1, 0.15) is 11.5 Å². The van der Waals surface area contributed by atoms with Crippen molar-refractivity contribution < 1.29 is 9.13 Å². The molecule has 10 nitrogen and oxygen atoms in total. The summed E-state index contributed by atoms with van der Waals surface area (Å²) in [7, 11) is 1.90. The molecule has 2 aliphatic rings. The van der Waals surface area contributed by atoms with Gasteiger partial charge in [0.2, 0.25) is 5.95 Å². The number of fused-ring (bicyclic) bond motifs is 1. The van der Waals surface area contributed by atoms with Gasteiger partial charge in [0.25, 0.3) is 0 Å². The van der Waals surface area contributed by atoms with Gasteiger partial charge in [-0.15, -0.1) is 0 Å². The second-order valence-corrected chi connectivity index (χ2v) is 10.8. The molecule has 0 spiro atoms. The van der Waals surface area contributed by atoms with Crippen LogP contribution >= 0.6 is 0 Å². The van der Waals surface area contributed by atoms with E-state index in [9.17, 15) is 4.39 Å². The summed E-state index contributed by atoms with van der Waals surface area (Å²) in [6, 6.07) is 6.95. The van der Waals surface area contributed by atoms with Crippen molar-refractivity contribution in [1.29, 1.82) is 0 Å². The predicted octanol–water partition coefficient (Wildman–Crippen LogP) is 3.73. The second-order valence-electron chi connectivity index (χ2n) is 10.8. The lowest BCUT2D eigenvalue weighted by Gasteiger charge is -2.46. The van der Waals surface area contributed by atoms with E-state index in [1.807, 2.05) is 30.1 Å². The van der Waals surface area contributed by atoms with E-state index in [0.717, 1.165) is 56.0 Å². The van der Waals surface area contributed by atoms with Gasteiger partial charge in [0.05, 0.1) is 31.1 Å². The minimum atomic E-state index is -0.515. The summed E-state index contributed by atoms with van der Waals surface area (Å²) in [5.74, 6) is 0.600. The molecule has 0 aromatic carbocycles. The molecule has 2 saturated heterocycles. The number of hydrogen-bond donors (Lipinski definition) is 1. The quantitative estimate of drug-likeness (QED) is 0.383. The number of ether oxygens (including phenoxy) is 1. The first-order chi connectivity index (χ1) is 18.9. The van der Waals surface area contributed by atoms with Crippen molar-refractivity contribution >= 4 is 22.8 Å². The molecule has 2 fully saturated rings. The minimum Gasteiger partial charge on any atom is -0.378 e. The summed E-state index contributed by atoms with van der Waals surface area (Å²) in [5, 5.41) is 8.48. The van der Waals surface area contributed by atoms with Crippen LogP contribution in [0, 0.1) is 5.82 Å². The Hall–Kier alpha value is -3.54. The van der Waals surface area contributed by atoms with Crippen molar-refractivity contribution in [3.63, 3.8) is 0 Å². The van der Waals surface area contributed by atoms with Crippen LogP contribution in [0.5, 0.6) is 0 Å². The Kier molecular flexibility index (Phi) is 6.96. The van der Waals surface area contributed by atoms with Crippen molar-refractivity contribution in [2.75, 3.05) is 38.2 Å². The van der Waals surface area contributed by atoms with E-state index in [1.165, 1.54) is 6.20 Å². The number of rotatable bonds is 7. The Labute approximate surface area is 227 Å². The third-order valence-electron chi connectivity index (χ3n) is 7.62. The van der Waals surface area contributed by atoms with Crippen LogP contribution in [-0.2, 0) is 18.3 Å². The molecule has 4 aromatic rings. The molecule has 0 radical (unpaired) electrons. The number of hydrogen-bond acceptors (Lipinski definition) is 9. The van der Waals surface area contributed by atoms with Gasteiger partial charge >= 0.3 is 0 Å². The third kappa shape index (κ3) is 5.21. The van der Waals surface area contributed by atoms with Gasteiger partial charge in [0.15, 0.2) is 11.5 Å². The lowest BCUT2D eigenvalue weighted by atomic mass is 10.1. The predicted molar refractivity (Wildman–Crippen MR) is 147 cm³/mol. The summed E-state index contributed by atoms with van der Waals surface area (Å²) in [6.07, 6.45) is 4.64. The maximum atomic E-state index is 14.8. The monoisotopic (exact) mass is 531 g/mol. The summed E-state index contributed by atoms with van der Waals surface area (Å²) >= 11 is 0. The maximum Gasteiger partial charge on any atom is 0.229 e. The zero-order valence-electron chi connectivity index (χ0n) is 22.8. The van der Waals surface area contributed by atoms with Crippen LogP contribution in [0.25, 0.3) is 22.3 Å². The number of pyridine rings is 2. The smallest absolute Gasteiger partial charge is 0.229 e. The van der Waals surface area contributed by atoms with Gasteiger partial charge in [-0.05, 0) is 30.5 Å². The molecular weight excluding hydrogens is 497 g/mol. The standard InChI is InChI=1S/C28H34FN9O/c1-17(2)26-22-9-20(11-31-27(22)35-36(26)4)25-23(29)12-32-28(34-25)33-24-6-5-19(10-30-24)14-37-7-8-38(18(3)13-37)21-15-39-16-21/h5-6,9-12,17-18,21H,7-8,13-16H2,1-4H3,(H,30,32,33,34)/t18-/m1/s1. The van der Waals surface area contributed by atoms with Crippen molar-refractivity contribution in [1.82, 2.24) is 39.5 Å². The molecule has 0 aliphatic carbocycles. The maximum absolute atomic E-state index is 14.8. The largest absolute Gasteiger partial charge is 0.378 e. The normalized spacial score (nSPS) is 19.1. The highest BCUT2D eigenvalue weighted by Crippen LogP contribution is 2.29. The van der Waals surface area contributed by atoms with E-state index < -0.39 is 5.82 Å². The van der Waals surface area contributed by atoms with Gasteiger partial charge in [-0.3, -0.25) is 14.5 Å². The van der Waals surface area contributed by atoms with Crippen LogP contribution in [0.1, 0.15) is 37.9 Å². The highest BCUT2D eigenvalue weighted by atomic mass is 19.1. The van der Waals surface area contributed by atoms with Gasteiger partial charge < -0.3 is 10.1 Å². The Morgan fingerprint density at radius 1 is 1.10 bits per heavy atom. The summed E-state index contributed by atoms with van der Waals surface area (Å²) in [5.41, 5.74) is 3.57. The molecule has 1 atom stereocenters. The molecule has 0 bridgehead atoms. The minimum absolute atomic E-state index is 0.179. The zero-order chi connectivity index (χ0) is 27.1. The number of piperazine rings is 1. The van der Waals surface area contributed by atoms with Gasteiger partial charge in [-0.1, -0.05) is 19.9 Å². The molecule has 11 heteroatoms. The SMILES string of the molecule is CC(C)c1c2cc(-c3nc(Nc4ccc(CN5CCN(C6COC6)[C@H](C)C5)cn4)ncc3F)cnc2nn1C. The zero-order valence-corrected chi connectivity index (χ0v) is 22.8. The number of anilines is 2. The average molecular weight is 532 g/mol. The lowest BCUT2D eigenvalue weighted by molar-refractivity contribution is -0.0940. The Balaban J connectivity index is 1.14. The van der Waals surface area contributed by atoms with Crippen molar-refractivity contribution in [3.8, 4) is 11.3 Å². The molecule has 0 amide bonds. The van der Waals surface area contributed by atoms with Crippen LogP contribution in [-0.4, -0.2) is 84.4 Å². The first kappa shape index (κ1) is 25.7. The summed E-state index contributed by atoms with van der Waals surface area (Å²) in [6.45, 7) is 12.2. The van der Waals surface area contributed by atoms with Crippen LogP contribution < -0.4 is 5.32 Å². The molecule has 1 N–H and O–H groups in total. The molecule has 6 heterocycles. The van der Waals surface area contributed by atoms with Crippen molar-refractivity contribution in [3.05, 3.63) is 53.9 Å². The molecule has 0 saturated carbocycles. The fourth-order valence-corrected chi connectivity index (χ4v) is 5.65. The van der Waals surface area contributed by atoms with E-state index in [0.29, 0.717) is 29.1 Å². The van der Waals surface area contributed by atoms with Crippen LogP contribution in [0.3, 0.4) is 0 Å². The van der Waals surface area contributed by atoms with E-state index in [2.05, 4.69) is 67.0 Å². The Morgan fingerprint density at radius 2 is 1.95 bits per heavy atom. The van der Waals surface area contributed by atoms with E-state index >= 15 is 0 Å². The van der Waals surface area contributed by atoms with Crippen LogP contribution in [0.15, 0.2) is 36.8 Å². The van der Waals surface area contributed by atoms with Crippen molar-refractivity contribution in [2.45, 2.75) is 45.3 Å². The first-order valence-corrected chi connectivity index (χ1v) is 13.5. The average Bonchev–Trinajstić information content (AvgIpc) is 3.22. The van der Waals surface area contributed by atoms with Crippen LogP contribution in [0.4, 0.5) is 16.2 Å². The van der Waals surface area contributed by atoms with Crippen LogP contribution in [0.2, 0.25) is 0 Å². The highest BCUT2D eigenvalue weighted by molar-refractivity contribution is 5.83. The van der Waals surface area contributed by atoms with Gasteiger partial charge in [-0.25, -0.2) is 24.3 Å². The molecule has 4 aromatic heterocycles. The van der Waals surface area contributed by atoms with Gasteiger partial charge in [-0.2, -0.15) is 5.10 Å². The van der Waals surface area contributed by atoms with Gasteiger partial charge in [0, 0.05) is 62.6 Å². The van der Waals surface area contributed by atoms with E-state index in [-0.39, 0.29) is 17.6 Å². The third-order valence-corrected chi connectivity index (χ3v) is 7.62. The Bertz CT molecular complexity index is 1470. The number of aromatic nitrogens is 6. The number of halogens is 1. The molecule has 204 valence electrons. The van der Waals surface area contributed by atoms with Crippen molar-refractivity contribution in [2.24, 2.45) is 7.05 Å². The fraction of sp³-hybridized carbons (Fsp3) is 0.464. The molecule has 6 rings (SSSR count). The lowest BCUT2D eigenvalue weighted by Crippen LogP contribution is -2.60. The molecule has 0 unspecified atom stereocenters. The molecular formula is C28H34FN9O. The second kappa shape index (κ2) is 10.6. The topological polar surface area (TPSA) is 97.1 Å². The van der Waals surface area contributed by atoms with E-state index in [1.54, 1.807) is 6.20 Å². The van der Waals surface area contributed by atoms with E-state index in [4.69, 9.17) is 4.74 Å². The number of nitrogens with zero attached hydrogens (tertiary/aromatic N) is 8. The number of aryl methyl sites for hydroxylation is 1. The summed E-state index contributed by atoms with van der Waals surface area (Å²) < 4.78 is 22.0. The first-order valence-electron chi connectivity index (χ1n) is 13.5. The summed E-state index contributed by atoms with van der Waals surface area (Å²) in [4.78, 5) is 22.6.